The van der Waals surface area contributed by atoms with Crippen LogP contribution in [0.1, 0.15) is 21.6 Å². The molecular weight excluding hydrogens is 501 g/mol. The van der Waals surface area contributed by atoms with Crippen LogP contribution in [0.4, 0.5) is 5.69 Å². The monoisotopic (exact) mass is 511 g/mol. The number of nitro groups is 1. The number of halogens is 3. The molecule has 3 aromatic rings. The third-order valence-electron chi connectivity index (χ3n) is 3.85. The highest BCUT2D eigenvalue weighted by Gasteiger charge is 2.15. The van der Waals surface area contributed by atoms with Crippen molar-refractivity contribution < 1.29 is 14.8 Å². The predicted octanol–water partition coefficient (Wildman–Crippen LogP) is 4.38. The summed E-state index contributed by atoms with van der Waals surface area (Å²) in [6, 6.07) is 8.83. The van der Waals surface area contributed by atoms with Gasteiger partial charge in [0.1, 0.15) is 5.75 Å². The van der Waals surface area contributed by atoms with Gasteiger partial charge in [-0.15, -0.1) is 0 Å². The van der Waals surface area contributed by atoms with Crippen molar-refractivity contribution in [2.75, 3.05) is 0 Å². The van der Waals surface area contributed by atoms with Crippen LogP contribution in [0.15, 0.2) is 52.2 Å². The first kappa shape index (κ1) is 21.8. The first-order valence-corrected chi connectivity index (χ1v) is 9.77. The van der Waals surface area contributed by atoms with Gasteiger partial charge in [0.2, 0.25) is 0 Å². The summed E-state index contributed by atoms with van der Waals surface area (Å²) in [5.74, 6) is -0.805. The Morgan fingerprint density at radius 1 is 1.33 bits per heavy atom. The smallest absolute Gasteiger partial charge is 0.293 e. The van der Waals surface area contributed by atoms with Gasteiger partial charge in [-0.25, -0.2) is 5.43 Å². The molecule has 0 aliphatic carbocycles. The molecule has 154 valence electrons. The highest BCUT2D eigenvalue weighted by Crippen LogP contribution is 2.30. The Hall–Kier alpha value is -2.95. The number of nitrogens with zero attached hydrogens (tertiary/aromatic N) is 4. The Morgan fingerprint density at radius 3 is 2.70 bits per heavy atom. The number of aromatic nitrogens is 2. The summed E-state index contributed by atoms with van der Waals surface area (Å²) < 4.78 is 1.94. The lowest BCUT2D eigenvalue weighted by molar-refractivity contribution is -0.384. The SMILES string of the molecule is O=C(N/N=C\c1cc(Cl)cc(Cl)c1O)c1nn(Cc2ccc([N+](=O)[O-])cc2)cc1Br. The summed E-state index contributed by atoms with van der Waals surface area (Å²) in [6.07, 6.45) is 2.80. The van der Waals surface area contributed by atoms with E-state index in [4.69, 9.17) is 23.2 Å². The summed E-state index contributed by atoms with van der Waals surface area (Å²) in [5.41, 5.74) is 3.38. The molecule has 2 N–H and O–H groups in total. The molecule has 30 heavy (non-hydrogen) atoms. The van der Waals surface area contributed by atoms with Gasteiger partial charge in [-0.1, -0.05) is 35.3 Å². The van der Waals surface area contributed by atoms with Gasteiger partial charge in [-0.05, 0) is 33.6 Å². The van der Waals surface area contributed by atoms with Gasteiger partial charge < -0.3 is 5.11 Å². The second-order valence-electron chi connectivity index (χ2n) is 5.97. The average molecular weight is 513 g/mol. The van der Waals surface area contributed by atoms with E-state index < -0.39 is 10.8 Å². The minimum absolute atomic E-state index is 0.00893. The minimum Gasteiger partial charge on any atom is -0.506 e. The lowest BCUT2D eigenvalue weighted by Crippen LogP contribution is -2.19. The fourth-order valence-corrected chi connectivity index (χ4v) is 3.44. The molecule has 0 aliphatic heterocycles. The second kappa shape index (κ2) is 9.24. The van der Waals surface area contributed by atoms with Gasteiger partial charge in [0, 0.05) is 28.9 Å². The van der Waals surface area contributed by atoms with Crippen molar-refractivity contribution >= 4 is 56.9 Å². The molecule has 0 saturated carbocycles. The van der Waals surface area contributed by atoms with Crippen LogP contribution >= 0.6 is 39.1 Å². The summed E-state index contributed by atoms with van der Waals surface area (Å²) in [5, 5.41) is 28.9. The number of hydrogen-bond donors (Lipinski definition) is 2. The van der Waals surface area contributed by atoms with Crippen molar-refractivity contribution in [2.45, 2.75) is 6.54 Å². The predicted molar refractivity (Wildman–Crippen MR) is 115 cm³/mol. The molecule has 0 bridgehead atoms. The van der Waals surface area contributed by atoms with Gasteiger partial charge in [-0.3, -0.25) is 19.6 Å². The van der Waals surface area contributed by atoms with E-state index in [1.165, 1.54) is 35.2 Å². The van der Waals surface area contributed by atoms with Gasteiger partial charge >= 0.3 is 0 Å². The normalized spacial score (nSPS) is 11.0. The van der Waals surface area contributed by atoms with Crippen molar-refractivity contribution in [1.82, 2.24) is 15.2 Å². The topological polar surface area (TPSA) is 123 Å². The Morgan fingerprint density at radius 2 is 2.03 bits per heavy atom. The highest BCUT2D eigenvalue weighted by molar-refractivity contribution is 9.10. The Kier molecular flexibility index (Phi) is 6.70. The van der Waals surface area contributed by atoms with Crippen molar-refractivity contribution in [3.8, 4) is 5.75 Å². The summed E-state index contributed by atoms with van der Waals surface area (Å²) >= 11 is 15.0. The molecule has 0 unspecified atom stereocenters. The number of amides is 1. The Bertz CT molecular complexity index is 1150. The molecule has 0 spiro atoms. The highest BCUT2D eigenvalue weighted by atomic mass is 79.9. The van der Waals surface area contributed by atoms with Crippen LogP contribution in [0.5, 0.6) is 5.75 Å². The molecule has 0 fully saturated rings. The van der Waals surface area contributed by atoms with E-state index in [1.807, 2.05) is 0 Å². The molecular formula is C18H12BrCl2N5O4. The van der Waals surface area contributed by atoms with Crippen molar-refractivity contribution in [3.63, 3.8) is 0 Å². The van der Waals surface area contributed by atoms with Gasteiger partial charge in [0.25, 0.3) is 11.6 Å². The first-order valence-electron chi connectivity index (χ1n) is 8.22. The molecule has 0 aliphatic rings. The van der Waals surface area contributed by atoms with Crippen LogP contribution in [-0.2, 0) is 6.54 Å². The van der Waals surface area contributed by atoms with E-state index in [0.29, 0.717) is 16.0 Å². The van der Waals surface area contributed by atoms with E-state index in [2.05, 4.69) is 31.6 Å². The van der Waals surface area contributed by atoms with Crippen LogP contribution in [0, 0.1) is 10.1 Å². The maximum absolute atomic E-state index is 12.3. The largest absolute Gasteiger partial charge is 0.506 e. The van der Waals surface area contributed by atoms with E-state index in [0.717, 1.165) is 5.56 Å². The third-order valence-corrected chi connectivity index (χ3v) is 4.94. The number of nitrogens with one attached hydrogen (secondary N) is 1. The first-order chi connectivity index (χ1) is 14.2. The molecule has 12 heteroatoms. The van der Waals surface area contributed by atoms with Crippen LogP contribution in [0.3, 0.4) is 0 Å². The Labute approximate surface area is 188 Å². The lowest BCUT2D eigenvalue weighted by Gasteiger charge is -2.03. The van der Waals surface area contributed by atoms with Crippen LogP contribution in [0.2, 0.25) is 10.0 Å². The quantitative estimate of drug-likeness (QED) is 0.288. The fourth-order valence-electron chi connectivity index (χ4n) is 2.44. The molecule has 0 saturated heterocycles. The van der Waals surface area contributed by atoms with Crippen LogP contribution < -0.4 is 5.43 Å². The van der Waals surface area contributed by atoms with Gasteiger partial charge in [-0.2, -0.15) is 10.2 Å². The summed E-state index contributed by atoms with van der Waals surface area (Å²) in [6.45, 7) is 0.308. The summed E-state index contributed by atoms with van der Waals surface area (Å²) in [7, 11) is 0. The van der Waals surface area contributed by atoms with Crippen molar-refractivity contribution in [1.29, 1.82) is 0 Å². The van der Waals surface area contributed by atoms with E-state index in [9.17, 15) is 20.0 Å². The number of hydrogen-bond acceptors (Lipinski definition) is 6. The zero-order valence-corrected chi connectivity index (χ0v) is 18.0. The molecule has 3 rings (SSSR count). The number of rotatable bonds is 6. The number of phenolic OH excluding ortho intramolecular Hbond substituents is 1. The number of nitro benzene ring substituents is 1. The maximum atomic E-state index is 12.3. The average Bonchev–Trinajstić information content (AvgIpc) is 3.06. The molecule has 2 aromatic carbocycles. The summed E-state index contributed by atoms with van der Waals surface area (Å²) in [4.78, 5) is 22.6. The minimum atomic E-state index is -0.590. The number of carbonyl (C=O) groups excluding carboxylic acids is 1. The number of carbonyl (C=O) groups is 1. The standard InChI is InChI=1S/C18H12BrCl2N5O4/c19-14-9-25(8-10-1-3-13(4-2-10)26(29)30)24-16(14)18(28)23-22-7-11-5-12(20)6-15(21)17(11)27/h1-7,9,27H,8H2,(H,23,28)/b22-7-. The molecule has 1 amide bonds. The van der Waals surface area contributed by atoms with Gasteiger partial charge in [0.15, 0.2) is 5.69 Å². The Balaban J connectivity index is 1.68. The molecule has 1 heterocycles. The molecule has 0 radical (unpaired) electrons. The number of phenols is 1. The molecule has 1 aromatic heterocycles. The molecule has 9 nitrogen and oxygen atoms in total. The van der Waals surface area contributed by atoms with Crippen molar-refractivity contribution in [3.05, 3.63) is 84.0 Å². The van der Waals surface area contributed by atoms with E-state index >= 15 is 0 Å². The van der Waals surface area contributed by atoms with E-state index in [-0.39, 0.29) is 27.7 Å². The maximum Gasteiger partial charge on any atom is 0.293 e. The van der Waals surface area contributed by atoms with E-state index in [1.54, 1.807) is 18.3 Å². The molecule has 0 atom stereocenters. The van der Waals surface area contributed by atoms with Crippen molar-refractivity contribution in [2.24, 2.45) is 5.10 Å². The fraction of sp³-hybridized carbons (Fsp3) is 0.0556. The lowest BCUT2D eigenvalue weighted by atomic mass is 10.2. The second-order valence-corrected chi connectivity index (χ2v) is 7.67. The number of hydrazone groups is 1. The number of benzene rings is 2. The zero-order valence-electron chi connectivity index (χ0n) is 14.9. The van der Waals surface area contributed by atoms with Crippen LogP contribution in [-0.4, -0.2) is 31.9 Å². The number of non-ortho nitro benzene ring substituents is 1. The van der Waals surface area contributed by atoms with Gasteiger partial charge in [0.05, 0.1) is 27.2 Å². The third kappa shape index (κ3) is 5.15. The van der Waals surface area contributed by atoms with Crippen LogP contribution in [0.25, 0.3) is 0 Å². The zero-order chi connectivity index (χ0) is 21.8. The number of aromatic hydroxyl groups is 1.